The first-order chi connectivity index (χ1) is 13.2. The molecule has 1 heterocycles. The van der Waals surface area contributed by atoms with Crippen molar-refractivity contribution >= 4 is 17.5 Å². The van der Waals surface area contributed by atoms with Crippen molar-refractivity contribution in [2.24, 2.45) is 5.92 Å². The van der Waals surface area contributed by atoms with Gasteiger partial charge in [-0.05, 0) is 18.1 Å². The molecule has 0 bridgehead atoms. The van der Waals surface area contributed by atoms with Gasteiger partial charge in [-0.25, -0.2) is 4.98 Å². The van der Waals surface area contributed by atoms with Crippen LogP contribution in [0.4, 0.5) is 30.6 Å². The highest BCUT2D eigenvalue weighted by atomic mass is 19.4. The average Bonchev–Trinajstić information content (AvgIpc) is 2.64. The third-order valence-corrected chi connectivity index (χ3v) is 3.99. The van der Waals surface area contributed by atoms with Crippen molar-refractivity contribution < 1.29 is 27.8 Å². The Bertz CT molecular complexity index is 800. The quantitative estimate of drug-likeness (QED) is 0.623. The lowest BCUT2D eigenvalue weighted by atomic mass is 10.1. The van der Waals surface area contributed by atoms with Gasteiger partial charge in [-0.1, -0.05) is 13.8 Å². The van der Waals surface area contributed by atoms with E-state index in [0.29, 0.717) is 17.2 Å². The Morgan fingerprint density at radius 3 is 2.29 bits per heavy atom. The van der Waals surface area contributed by atoms with Crippen LogP contribution in [-0.4, -0.2) is 41.9 Å². The van der Waals surface area contributed by atoms with Crippen molar-refractivity contribution in [3.63, 3.8) is 0 Å². The number of rotatable bonds is 8. The van der Waals surface area contributed by atoms with E-state index in [1.807, 2.05) is 13.8 Å². The molecular formula is C18H23F3N4O3. The summed E-state index contributed by atoms with van der Waals surface area (Å²) in [6, 6.07) is 5.13. The number of hydrogen-bond acceptors (Lipinski definition) is 7. The van der Waals surface area contributed by atoms with Crippen molar-refractivity contribution in [1.29, 1.82) is 0 Å². The number of nitrogens with one attached hydrogen (secondary N) is 2. The molecule has 10 heteroatoms. The van der Waals surface area contributed by atoms with Gasteiger partial charge in [0, 0.05) is 17.8 Å². The van der Waals surface area contributed by atoms with Crippen molar-refractivity contribution in [3.8, 4) is 11.5 Å². The topological polar surface area (TPSA) is 88.5 Å². The molecule has 0 amide bonds. The van der Waals surface area contributed by atoms with Crippen LogP contribution in [0.15, 0.2) is 24.3 Å². The number of methoxy groups -OCH3 is 2. The summed E-state index contributed by atoms with van der Waals surface area (Å²) in [7, 11) is 2.94. The molecule has 1 atom stereocenters. The van der Waals surface area contributed by atoms with Crippen LogP contribution in [0, 0.1) is 5.92 Å². The largest absolute Gasteiger partial charge is 0.493 e. The molecule has 0 aliphatic rings. The lowest BCUT2D eigenvalue weighted by molar-refractivity contribution is -0.141. The highest BCUT2D eigenvalue weighted by molar-refractivity contribution is 5.62. The lowest BCUT2D eigenvalue weighted by Gasteiger charge is -2.21. The van der Waals surface area contributed by atoms with Gasteiger partial charge in [0.15, 0.2) is 17.2 Å². The maximum atomic E-state index is 13.3. The van der Waals surface area contributed by atoms with E-state index in [2.05, 4.69) is 20.6 Å². The second kappa shape index (κ2) is 8.96. The minimum Gasteiger partial charge on any atom is -0.493 e. The number of hydrogen-bond donors (Lipinski definition) is 3. The highest BCUT2D eigenvalue weighted by Gasteiger charge is 2.34. The van der Waals surface area contributed by atoms with Crippen LogP contribution in [0.5, 0.6) is 11.5 Å². The number of halogens is 3. The van der Waals surface area contributed by atoms with Gasteiger partial charge in [0.2, 0.25) is 5.95 Å². The van der Waals surface area contributed by atoms with Crippen LogP contribution in [0.25, 0.3) is 0 Å². The molecule has 0 saturated carbocycles. The smallest absolute Gasteiger partial charge is 0.433 e. The SMILES string of the molecule is COc1ccc(Nc2cc(C(F)(F)F)nc(N[C@@H](CO)C(C)C)n2)cc1OC. The van der Waals surface area contributed by atoms with Crippen LogP contribution < -0.4 is 20.1 Å². The maximum Gasteiger partial charge on any atom is 0.433 e. The molecule has 2 rings (SSSR count). The third kappa shape index (κ3) is 5.38. The Labute approximate surface area is 160 Å². The van der Waals surface area contributed by atoms with Gasteiger partial charge in [-0.2, -0.15) is 18.2 Å². The van der Waals surface area contributed by atoms with Crippen molar-refractivity contribution in [1.82, 2.24) is 9.97 Å². The summed E-state index contributed by atoms with van der Waals surface area (Å²) in [4.78, 5) is 7.63. The number of benzene rings is 1. The Morgan fingerprint density at radius 2 is 1.75 bits per heavy atom. The molecule has 7 nitrogen and oxygen atoms in total. The molecule has 0 unspecified atom stereocenters. The molecule has 1 aromatic carbocycles. The summed E-state index contributed by atoms with van der Waals surface area (Å²) in [5.74, 6) is 0.571. The molecule has 0 fully saturated rings. The molecule has 0 aliphatic heterocycles. The Hall–Kier alpha value is -2.75. The zero-order valence-electron chi connectivity index (χ0n) is 16.0. The van der Waals surface area contributed by atoms with Gasteiger partial charge in [0.1, 0.15) is 5.82 Å². The van der Waals surface area contributed by atoms with Crippen LogP contribution in [0.3, 0.4) is 0 Å². The van der Waals surface area contributed by atoms with Gasteiger partial charge in [-0.3, -0.25) is 0 Å². The second-order valence-electron chi connectivity index (χ2n) is 6.33. The summed E-state index contributed by atoms with van der Waals surface area (Å²) in [5.41, 5.74) is -0.647. The summed E-state index contributed by atoms with van der Waals surface area (Å²) < 4.78 is 50.1. The summed E-state index contributed by atoms with van der Waals surface area (Å²) in [6.07, 6.45) is -4.65. The first kappa shape index (κ1) is 21.5. The monoisotopic (exact) mass is 400 g/mol. The fraction of sp³-hybridized carbons (Fsp3) is 0.444. The molecule has 154 valence electrons. The molecule has 0 aliphatic carbocycles. The van der Waals surface area contributed by atoms with E-state index in [-0.39, 0.29) is 24.3 Å². The standard InChI is InChI=1S/C18H23F3N4O3/c1-10(2)12(9-26)23-17-24-15(18(19,20)21)8-16(25-17)22-11-5-6-13(27-3)14(7-11)28-4/h5-8,10,12,26H,9H2,1-4H3,(H2,22,23,24,25)/t12-/m0/s1. The van der Waals surface area contributed by atoms with Crippen molar-refractivity contribution in [2.75, 3.05) is 31.5 Å². The summed E-state index contributed by atoms with van der Waals surface area (Å²) >= 11 is 0. The zero-order valence-corrected chi connectivity index (χ0v) is 16.0. The van der Waals surface area contributed by atoms with Crippen LogP contribution in [-0.2, 0) is 6.18 Å². The van der Waals surface area contributed by atoms with Gasteiger partial charge in [0.25, 0.3) is 0 Å². The summed E-state index contributed by atoms with van der Waals surface area (Å²) in [5, 5.41) is 15.0. The predicted molar refractivity (Wildman–Crippen MR) is 99.2 cm³/mol. The predicted octanol–water partition coefficient (Wildman–Crippen LogP) is 3.69. The van der Waals surface area contributed by atoms with E-state index in [9.17, 15) is 18.3 Å². The van der Waals surface area contributed by atoms with Crippen LogP contribution in [0.1, 0.15) is 19.5 Å². The van der Waals surface area contributed by atoms with Crippen molar-refractivity contribution in [3.05, 3.63) is 30.0 Å². The molecular weight excluding hydrogens is 377 g/mol. The highest BCUT2D eigenvalue weighted by Crippen LogP contribution is 2.33. The van der Waals surface area contributed by atoms with Gasteiger partial charge in [0.05, 0.1) is 26.9 Å². The first-order valence-electron chi connectivity index (χ1n) is 8.50. The second-order valence-corrected chi connectivity index (χ2v) is 6.33. The van der Waals surface area contributed by atoms with E-state index in [1.165, 1.54) is 14.2 Å². The molecule has 0 spiro atoms. The number of aliphatic hydroxyl groups is 1. The van der Waals surface area contributed by atoms with E-state index in [0.717, 1.165) is 6.07 Å². The maximum absolute atomic E-state index is 13.3. The number of ether oxygens (including phenoxy) is 2. The number of aromatic nitrogens is 2. The number of alkyl halides is 3. The van der Waals surface area contributed by atoms with Gasteiger partial charge in [-0.15, -0.1) is 0 Å². The van der Waals surface area contributed by atoms with E-state index >= 15 is 0 Å². The minimum atomic E-state index is -4.65. The fourth-order valence-electron chi connectivity index (χ4n) is 2.37. The molecule has 0 saturated heterocycles. The van der Waals surface area contributed by atoms with E-state index in [1.54, 1.807) is 18.2 Å². The van der Waals surface area contributed by atoms with Gasteiger partial charge < -0.3 is 25.2 Å². The molecule has 3 N–H and O–H groups in total. The summed E-state index contributed by atoms with van der Waals surface area (Å²) in [6.45, 7) is 3.38. The molecule has 2 aromatic rings. The lowest BCUT2D eigenvalue weighted by Crippen LogP contribution is -2.30. The van der Waals surface area contributed by atoms with E-state index < -0.39 is 17.9 Å². The fourth-order valence-corrected chi connectivity index (χ4v) is 2.37. The first-order valence-corrected chi connectivity index (χ1v) is 8.50. The van der Waals surface area contributed by atoms with E-state index in [4.69, 9.17) is 9.47 Å². The van der Waals surface area contributed by atoms with Crippen molar-refractivity contribution in [2.45, 2.75) is 26.1 Å². The van der Waals surface area contributed by atoms with Crippen LogP contribution >= 0.6 is 0 Å². The Balaban J connectivity index is 2.39. The Morgan fingerprint density at radius 1 is 1.07 bits per heavy atom. The molecule has 1 aromatic heterocycles. The van der Waals surface area contributed by atoms with Crippen LogP contribution in [0.2, 0.25) is 0 Å². The molecule has 0 radical (unpaired) electrons. The average molecular weight is 400 g/mol. The number of anilines is 3. The third-order valence-electron chi connectivity index (χ3n) is 3.99. The number of aliphatic hydroxyl groups excluding tert-OH is 1. The van der Waals surface area contributed by atoms with Gasteiger partial charge >= 0.3 is 6.18 Å². The zero-order chi connectivity index (χ0) is 20.9. The minimum absolute atomic E-state index is 0.0367. The normalized spacial score (nSPS) is 12.6. The Kier molecular flexibility index (Phi) is 6.90. The number of nitrogens with zero attached hydrogens (tertiary/aromatic N) is 2. The molecule has 28 heavy (non-hydrogen) atoms.